The first-order chi connectivity index (χ1) is 11.6. The van der Waals surface area contributed by atoms with Gasteiger partial charge >= 0.3 is 0 Å². The van der Waals surface area contributed by atoms with Gasteiger partial charge < -0.3 is 19.9 Å². The molecule has 0 spiro atoms. The van der Waals surface area contributed by atoms with Gasteiger partial charge in [-0.25, -0.2) is 8.42 Å². The topological polar surface area (TPSA) is 133 Å². The van der Waals surface area contributed by atoms with Crippen LogP contribution in [0.5, 0.6) is 5.75 Å². The SMILES string of the molecule is COc1cc2c(cc1N)Sc1cc(N(C)C)ccc1[NH2+]2.O=S(=O)([O-])O. The van der Waals surface area contributed by atoms with Gasteiger partial charge in [0.25, 0.3) is 0 Å². The van der Waals surface area contributed by atoms with Gasteiger partial charge in [0.1, 0.15) is 11.4 Å². The average Bonchev–Trinajstić information content (AvgIpc) is 2.50. The van der Waals surface area contributed by atoms with E-state index in [2.05, 4.69) is 42.5 Å². The lowest BCUT2D eigenvalue weighted by atomic mass is 10.2. The van der Waals surface area contributed by atoms with Crippen LogP contribution in [-0.4, -0.2) is 38.7 Å². The summed E-state index contributed by atoms with van der Waals surface area (Å²) in [7, 11) is 0.830. The summed E-state index contributed by atoms with van der Waals surface area (Å²) in [5, 5.41) is 2.18. The molecule has 3 rings (SSSR count). The van der Waals surface area contributed by atoms with Gasteiger partial charge in [-0.2, -0.15) is 0 Å². The Morgan fingerprint density at radius 3 is 2.36 bits per heavy atom. The summed E-state index contributed by atoms with van der Waals surface area (Å²) in [4.78, 5) is 4.54. The van der Waals surface area contributed by atoms with E-state index in [1.165, 1.54) is 21.2 Å². The number of methoxy groups -OCH3 is 1. The predicted octanol–water partition coefficient (Wildman–Crippen LogP) is 1.34. The van der Waals surface area contributed by atoms with Crippen LogP contribution in [0.3, 0.4) is 0 Å². The molecule has 0 bridgehead atoms. The van der Waals surface area contributed by atoms with Gasteiger partial charge in [-0.3, -0.25) is 9.87 Å². The Balaban J connectivity index is 0.000000399. The smallest absolute Gasteiger partial charge is 0.215 e. The number of hydrogen-bond acceptors (Lipinski definition) is 7. The fraction of sp³-hybridized carbons (Fsp3) is 0.200. The number of benzene rings is 2. The summed E-state index contributed by atoms with van der Waals surface area (Å²) in [5.41, 5.74) is 10.3. The summed E-state index contributed by atoms with van der Waals surface area (Å²) < 4.78 is 38.1. The summed E-state index contributed by atoms with van der Waals surface area (Å²) in [5.74, 6) is 0.731. The second-order valence-corrected chi connectivity index (χ2v) is 7.36. The number of nitrogens with zero attached hydrogens (tertiary/aromatic N) is 1. The van der Waals surface area contributed by atoms with Crippen molar-refractivity contribution in [2.24, 2.45) is 0 Å². The Morgan fingerprint density at radius 2 is 1.80 bits per heavy atom. The molecule has 2 aromatic rings. The molecule has 0 aliphatic carbocycles. The molecule has 0 amide bonds. The molecule has 0 aromatic heterocycles. The minimum atomic E-state index is -4.92. The number of fused-ring (bicyclic) bond motifs is 2. The highest BCUT2D eigenvalue weighted by molar-refractivity contribution is 7.99. The van der Waals surface area contributed by atoms with Gasteiger partial charge in [-0.05, 0) is 18.2 Å². The van der Waals surface area contributed by atoms with Gasteiger partial charge in [0.05, 0.1) is 22.6 Å². The minimum absolute atomic E-state index is 0.680. The molecule has 5 N–H and O–H groups in total. The molecule has 25 heavy (non-hydrogen) atoms. The molecule has 0 fully saturated rings. The monoisotopic (exact) mass is 385 g/mol. The number of rotatable bonds is 2. The van der Waals surface area contributed by atoms with E-state index >= 15 is 0 Å². The maximum absolute atomic E-state index is 8.63. The lowest BCUT2D eigenvalue weighted by Crippen LogP contribution is -2.72. The van der Waals surface area contributed by atoms with Crippen LogP contribution in [0.15, 0.2) is 40.1 Å². The van der Waals surface area contributed by atoms with Crippen molar-refractivity contribution in [3.05, 3.63) is 30.3 Å². The van der Waals surface area contributed by atoms with Crippen molar-refractivity contribution in [2.75, 3.05) is 31.8 Å². The molecule has 136 valence electrons. The Bertz CT molecular complexity index is 877. The maximum Gasteiger partial charge on any atom is 0.215 e. The summed E-state index contributed by atoms with van der Waals surface area (Å²) in [6.45, 7) is 0. The fourth-order valence-electron chi connectivity index (χ4n) is 2.26. The fourth-order valence-corrected chi connectivity index (χ4v) is 3.35. The van der Waals surface area contributed by atoms with E-state index in [0.29, 0.717) is 5.69 Å². The first-order valence-corrected chi connectivity index (χ1v) is 9.26. The number of hydrogen-bond donors (Lipinski definition) is 3. The molecule has 0 atom stereocenters. The van der Waals surface area contributed by atoms with Crippen LogP contribution < -0.4 is 20.7 Å². The summed E-state index contributed by atoms with van der Waals surface area (Å²) in [6, 6.07) is 10.5. The largest absolute Gasteiger partial charge is 0.726 e. The van der Waals surface area contributed by atoms with Crippen molar-refractivity contribution >= 4 is 44.9 Å². The highest BCUT2D eigenvalue weighted by Crippen LogP contribution is 2.43. The molecule has 1 aliphatic rings. The molecular formula is C15H19N3O5S2. The molecule has 0 saturated carbocycles. The van der Waals surface area contributed by atoms with Gasteiger partial charge in [0, 0.05) is 31.9 Å². The van der Waals surface area contributed by atoms with Gasteiger partial charge in [-0.1, -0.05) is 11.8 Å². The van der Waals surface area contributed by atoms with Gasteiger partial charge in [-0.15, -0.1) is 0 Å². The maximum atomic E-state index is 8.63. The number of quaternary nitrogens is 1. The zero-order valence-corrected chi connectivity index (χ0v) is 15.5. The van der Waals surface area contributed by atoms with Crippen LogP contribution in [0.4, 0.5) is 22.7 Å². The third kappa shape index (κ3) is 5.25. The Kier molecular flexibility index (Phi) is 5.80. The van der Waals surface area contributed by atoms with E-state index in [0.717, 1.165) is 11.4 Å². The molecule has 0 radical (unpaired) electrons. The van der Waals surface area contributed by atoms with Crippen LogP contribution in [0, 0.1) is 0 Å². The van der Waals surface area contributed by atoms with Crippen molar-refractivity contribution in [3.8, 4) is 5.75 Å². The van der Waals surface area contributed by atoms with E-state index < -0.39 is 10.4 Å². The second kappa shape index (κ2) is 7.50. The van der Waals surface area contributed by atoms with E-state index in [1.807, 2.05) is 12.1 Å². The number of anilines is 2. The van der Waals surface area contributed by atoms with Crippen molar-refractivity contribution in [2.45, 2.75) is 9.79 Å². The van der Waals surface area contributed by atoms with Gasteiger partial charge in [0.15, 0.2) is 5.69 Å². The highest BCUT2D eigenvalue weighted by atomic mass is 32.3. The number of ether oxygens (including phenoxy) is 1. The number of nitrogen functional groups attached to an aromatic ring is 1. The summed E-state index contributed by atoms with van der Waals surface area (Å²) >= 11 is 1.75. The molecule has 2 aromatic carbocycles. The van der Waals surface area contributed by atoms with Gasteiger partial charge in [0.2, 0.25) is 10.4 Å². The van der Waals surface area contributed by atoms with Crippen LogP contribution in [-0.2, 0) is 10.4 Å². The molecule has 0 unspecified atom stereocenters. The van der Waals surface area contributed by atoms with Crippen LogP contribution in [0.1, 0.15) is 0 Å². The zero-order chi connectivity index (χ0) is 18.8. The molecular weight excluding hydrogens is 366 g/mol. The van der Waals surface area contributed by atoms with E-state index in [1.54, 1.807) is 18.9 Å². The van der Waals surface area contributed by atoms with Crippen molar-refractivity contribution < 1.29 is 27.6 Å². The van der Waals surface area contributed by atoms with Crippen molar-refractivity contribution in [3.63, 3.8) is 0 Å². The number of nitrogens with two attached hydrogens (primary N) is 2. The Morgan fingerprint density at radius 1 is 1.20 bits per heavy atom. The molecule has 1 heterocycles. The van der Waals surface area contributed by atoms with E-state index in [-0.39, 0.29) is 0 Å². The molecule has 1 aliphatic heterocycles. The first-order valence-electron chi connectivity index (χ1n) is 7.08. The normalized spacial score (nSPS) is 12.4. The van der Waals surface area contributed by atoms with Crippen LogP contribution in [0.2, 0.25) is 0 Å². The molecule has 0 saturated heterocycles. The van der Waals surface area contributed by atoms with Crippen molar-refractivity contribution in [1.82, 2.24) is 0 Å². The standard InChI is InChI=1S/C15H17N3OS.H2O4S/c1-18(2)9-4-5-11-14(6-9)20-15-7-10(16)13(19-3)8-12(15)17-11;1-5(2,3)4/h4-8,17H,16H2,1-3H3;(H2,1,2,3,4). The minimum Gasteiger partial charge on any atom is -0.726 e. The van der Waals surface area contributed by atoms with Crippen LogP contribution in [0.25, 0.3) is 0 Å². The predicted molar refractivity (Wildman–Crippen MR) is 95.9 cm³/mol. The average molecular weight is 385 g/mol. The second-order valence-electron chi connectivity index (χ2n) is 5.42. The summed E-state index contributed by atoms with van der Waals surface area (Å²) in [6.07, 6.45) is 0. The van der Waals surface area contributed by atoms with E-state index in [9.17, 15) is 0 Å². The quantitative estimate of drug-likeness (QED) is 0.342. The Labute approximate surface area is 150 Å². The highest BCUT2D eigenvalue weighted by Gasteiger charge is 2.22. The molecule has 10 heteroatoms. The zero-order valence-electron chi connectivity index (χ0n) is 13.9. The van der Waals surface area contributed by atoms with Crippen LogP contribution >= 0.6 is 11.8 Å². The third-order valence-corrected chi connectivity index (χ3v) is 4.55. The lowest BCUT2D eigenvalue weighted by molar-refractivity contribution is -0.485. The third-order valence-electron chi connectivity index (χ3n) is 3.41. The van der Waals surface area contributed by atoms with E-state index in [4.69, 9.17) is 28.0 Å². The Hall–Kier alpha value is -1.98. The first kappa shape index (κ1) is 19.3. The molecule has 8 nitrogen and oxygen atoms in total. The lowest BCUT2D eigenvalue weighted by Gasteiger charge is -2.20. The van der Waals surface area contributed by atoms with Crippen molar-refractivity contribution in [1.29, 1.82) is 0 Å².